The van der Waals surface area contributed by atoms with E-state index in [-0.39, 0.29) is 17.9 Å². The fraction of sp³-hybridized carbons (Fsp3) is 0.438. The molecule has 0 spiro atoms. The number of hydrogen-bond acceptors (Lipinski definition) is 4. The zero-order valence-electron chi connectivity index (χ0n) is 12.5. The van der Waals surface area contributed by atoms with Gasteiger partial charge >= 0.3 is 6.09 Å². The lowest BCUT2D eigenvalue weighted by atomic mass is 9.85. The Hall–Kier alpha value is -2.55. The Kier molecular flexibility index (Phi) is 5.37. The predicted octanol–water partition coefficient (Wildman–Crippen LogP) is 2.27. The van der Waals surface area contributed by atoms with Crippen LogP contribution in [-0.2, 0) is 4.79 Å². The van der Waals surface area contributed by atoms with Gasteiger partial charge in [-0.3, -0.25) is 9.69 Å². The maximum absolute atomic E-state index is 11.9. The van der Waals surface area contributed by atoms with E-state index in [1.165, 1.54) is 7.05 Å². The second-order valence-electron chi connectivity index (χ2n) is 5.39. The van der Waals surface area contributed by atoms with Crippen LogP contribution in [0, 0.1) is 17.4 Å². The van der Waals surface area contributed by atoms with Crippen molar-refractivity contribution in [3.63, 3.8) is 0 Å². The molecule has 2 amide bonds. The van der Waals surface area contributed by atoms with Crippen molar-refractivity contribution in [3.8, 4) is 11.9 Å². The number of nitriles is 1. The number of amides is 2. The van der Waals surface area contributed by atoms with Crippen molar-refractivity contribution >= 4 is 12.0 Å². The van der Waals surface area contributed by atoms with E-state index in [0.29, 0.717) is 31.4 Å². The van der Waals surface area contributed by atoms with E-state index < -0.39 is 6.09 Å². The van der Waals surface area contributed by atoms with Crippen molar-refractivity contribution in [3.05, 3.63) is 30.3 Å². The Bertz CT molecular complexity index is 560. The lowest BCUT2D eigenvalue weighted by molar-refractivity contribution is -0.132. The number of carbonyl (C=O) groups is 2. The van der Waals surface area contributed by atoms with Crippen molar-refractivity contribution in [1.82, 2.24) is 10.2 Å². The summed E-state index contributed by atoms with van der Waals surface area (Å²) >= 11 is 0. The van der Waals surface area contributed by atoms with Crippen molar-refractivity contribution in [2.75, 3.05) is 7.05 Å². The first kappa shape index (κ1) is 15.8. The molecule has 6 heteroatoms. The SMILES string of the molecule is CN(C#N)C(=O)C1CCC(NC(=O)Oc2ccccc2)CC1. The first-order valence-corrected chi connectivity index (χ1v) is 7.31. The Morgan fingerprint density at radius 3 is 2.45 bits per heavy atom. The van der Waals surface area contributed by atoms with Gasteiger partial charge in [0.1, 0.15) is 5.75 Å². The summed E-state index contributed by atoms with van der Waals surface area (Å²) in [5.74, 6) is 0.222. The van der Waals surface area contributed by atoms with Gasteiger partial charge in [-0.15, -0.1) is 0 Å². The number of rotatable bonds is 3. The quantitative estimate of drug-likeness (QED) is 0.686. The predicted molar refractivity (Wildman–Crippen MR) is 79.7 cm³/mol. The topological polar surface area (TPSA) is 82.4 Å². The molecule has 0 saturated heterocycles. The molecule has 1 fully saturated rings. The highest BCUT2D eigenvalue weighted by Crippen LogP contribution is 2.25. The minimum Gasteiger partial charge on any atom is -0.410 e. The van der Waals surface area contributed by atoms with Crippen LogP contribution in [0.2, 0.25) is 0 Å². The Labute approximate surface area is 129 Å². The molecule has 0 heterocycles. The van der Waals surface area contributed by atoms with Gasteiger partial charge in [0.2, 0.25) is 5.91 Å². The van der Waals surface area contributed by atoms with Crippen molar-refractivity contribution in [1.29, 1.82) is 5.26 Å². The third kappa shape index (κ3) is 4.22. The second kappa shape index (κ2) is 7.46. The maximum atomic E-state index is 11.9. The average molecular weight is 301 g/mol. The maximum Gasteiger partial charge on any atom is 0.412 e. The van der Waals surface area contributed by atoms with Crippen molar-refractivity contribution in [2.24, 2.45) is 5.92 Å². The van der Waals surface area contributed by atoms with Crippen LogP contribution < -0.4 is 10.1 Å². The van der Waals surface area contributed by atoms with E-state index >= 15 is 0 Å². The second-order valence-corrected chi connectivity index (χ2v) is 5.39. The smallest absolute Gasteiger partial charge is 0.410 e. The number of carbonyl (C=O) groups excluding carboxylic acids is 2. The molecule has 22 heavy (non-hydrogen) atoms. The van der Waals surface area contributed by atoms with Gasteiger partial charge in [0, 0.05) is 19.0 Å². The summed E-state index contributed by atoms with van der Waals surface area (Å²) in [6, 6.07) is 8.88. The zero-order valence-corrected chi connectivity index (χ0v) is 12.5. The normalized spacial score (nSPS) is 20.5. The van der Waals surface area contributed by atoms with E-state index in [1.54, 1.807) is 24.3 Å². The minimum absolute atomic E-state index is 0.00709. The van der Waals surface area contributed by atoms with Crippen molar-refractivity contribution < 1.29 is 14.3 Å². The fourth-order valence-electron chi connectivity index (χ4n) is 2.60. The van der Waals surface area contributed by atoms with Gasteiger partial charge in [0.25, 0.3) is 0 Å². The number of benzene rings is 1. The van der Waals surface area contributed by atoms with Crippen LogP contribution in [-0.4, -0.2) is 30.0 Å². The van der Waals surface area contributed by atoms with Gasteiger partial charge in [0.05, 0.1) is 0 Å². The zero-order chi connectivity index (χ0) is 15.9. The van der Waals surface area contributed by atoms with Gasteiger partial charge in [-0.1, -0.05) is 18.2 Å². The standard InChI is InChI=1S/C16H19N3O3/c1-19(11-17)15(20)12-7-9-13(10-8-12)18-16(21)22-14-5-3-2-4-6-14/h2-6,12-13H,7-10H2,1H3,(H,18,21). The minimum atomic E-state index is -0.477. The molecule has 6 nitrogen and oxygen atoms in total. The van der Waals surface area contributed by atoms with Gasteiger partial charge in [0.15, 0.2) is 6.19 Å². The molecule has 116 valence electrons. The first-order valence-electron chi connectivity index (χ1n) is 7.31. The molecule has 0 unspecified atom stereocenters. The van der Waals surface area contributed by atoms with Crippen LogP contribution >= 0.6 is 0 Å². The number of para-hydroxylation sites is 1. The monoisotopic (exact) mass is 301 g/mol. The Morgan fingerprint density at radius 1 is 1.23 bits per heavy atom. The number of hydrogen-bond donors (Lipinski definition) is 1. The number of ether oxygens (including phenoxy) is 1. The molecule has 1 N–H and O–H groups in total. The van der Waals surface area contributed by atoms with E-state index in [1.807, 2.05) is 12.3 Å². The van der Waals surface area contributed by atoms with Crippen LogP contribution in [0.3, 0.4) is 0 Å². The number of nitrogens with zero attached hydrogens (tertiary/aromatic N) is 2. The third-order valence-corrected chi connectivity index (χ3v) is 3.83. The van der Waals surface area contributed by atoms with Gasteiger partial charge in [-0.05, 0) is 37.8 Å². The van der Waals surface area contributed by atoms with Crippen LogP contribution in [0.5, 0.6) is 5.75 Å². The van der Waals surface area contributed by atoms with Crippen LogP contribution in [0.4, 0.5) is 4.79 Å². The van der Waals surface area contributed by atoms with Gasteiger partial charge in [-0.2, -0.15) is 5.26 Å². The molecule has 1 aromatic rings. The summed E-state index contributed by atoms with van der Waals surface area (Å²) in [5.41, 5.74) is 0. The van der Waals surface area contributed by atoms with E-state index in [4.69, 9.17) is 10.00 Å². The molecule has 0 bridgehead atoms. The van der Waals surface area contributed by atoms with E-state index in [9.17, 15) is 9.59 Å². The van der Waals surface area contributed by atoms with E-state index in [0.717, 1.165) is 4.90 Å². The van der Waals surface area contributed by atoms with Gasteiger partial charge in [-0.25, -0.2) is 4.79 Å². The lowest BCUT2D eigenvalue weighted by Crippen LogP contribution is -2.41. The highest BCUT2D eigenvalue weighted by molar-refractivity contribution is 5.80. The summed E-state index contributed by atoms with van der Waals surface area (Å²) in [6.07, 6.45) is 4.10. The fourth-order valence-corrected chi connectivity index (χ4v) is 2.60. The molecule has 0 radical (unpaired) electrons. The van der Waals surface area contributed by atoms with Crippen molar-refractivity contribution in [2.45, 2.75) is 31.7 Å². The summed E-state index contributed by atoms with van der Waals surface area (Å²) in [5, 5.41) is 11.5. The molecule has 0 aromatic heterocycles. The first-order chi connectivity index (χ1) is 10.6. The molecular formula is C16H19N3O3. The van der Waals surface area contributed by atoms with Gasteiger partial charge < -0.3 is 10.1 Å². The molecule has 1 aliphatic carbocycles. The lowest BCUT2D eigenvalue weighted by Gasteiger charge is -2.28. The third-order valence-electron chi connectivity index (χ3n) is 3.83. The van der Waals surface area contributed by atoms with E-state index in [2.05, 4.69) is 5.32 Å². The Balaban J connectivity index is 1.77. The van der Waals surface area contributed by atoms with Crippen LogP contribution in [0.1, 0.15) is 25.7 Å². The average Bonchev–Trinajstić information content (AvgIpc) is 2.55. The summed E-state index contributed by atoms with van der Waals surface area (Å²) in [4.78, 5) is 24.8. The largest absolute Gasteiger partial charge is 0.412 e. The highest BCUT2D eigenvalue weighted by atomic mass is 16.6. The molecule has 0 atom stereocenters. The summed E-state index contributed by atoms with van der Waals surface area (Å²) in [6.45, 7) is 0. The number of nitrogens with one attached hydrogen (secondary N) is 1. The highest BCUT2D eigenvalue weighted by Gasteiger charge is 2.29. The van der Waals surface area contributed by atoms with Crippen LogP contribution in [0.25, 0.3) is 0 Å². The molecule has 1 aliphatic rings. The molecule has 1 aromatic carbocycles. The summed E-state index contributed by atoms with van der Waals surface area (Å²) in [7, 11) is 1.48. The molecule has 2 rings (SSSR count). The summed E-state index contributed by atoms with van der Waals surface area (Å²) < 4.78 is 5.18. The molecular weight excluding hydrogens is 282 g/mol. The molecule has 1 saturated carbocycles. The Morgan fingerprint density at radius 2 is 1.86 bits per heavy atom. The molecule has 0 aliphatic heterocycles. The van der Waals surface area contributed by atoms with Crippen LogP contribution in [0.15, 0.2) is 30.3 Å².